The molecule has 0 bridgehead atoms. The minimum Gasteiger partial charge on any atom is -0.493 e. The average Bonchev–Trinajstić information content (AvgIpc) is 2.70. The van der Waals surface area contributed by atoms with E-state index >= 15 is 0 Å². The van der Waals surface area contributed by atoms with E-state index in [1.807, 2.05) is 18.3 Å². The Hall–Kier alpha value is -1.74. The van der Waals surface area contributed by atoms with Crippen LogP contribution in [0.3, 0.4) is 0 Å². The van der Waals surface area contributed by atoms with Gasteiger partial charge in [-0.25, -0.2) is 4.72 Å². The fourth-order valence-corrected chi connectivity index (χ4v) is 3.77. The number of methoxy groups -OCH3 is 2. The maximum Gasteiger partial charge on any atom is 0.162 e. The molecule has 0 aliphatic carbocycles. The Balaban J connectivity index is 1.79. The third kappa shape index (κ3) is 3.98. The van der Waals surface area contributed by atoms with Crippen molar-refractivity contribution in [3.05, 3.63) is 24.4 Å². The maximum atomic E-state index is 5.47. The highest BCUT2D eigenvalue weighted by Crippen LogP contribution is 2.35. The Morgan fingerprint density at radius 1 is 1.19 bits per heavy atom. The molecule has 1 fully saturated rings. The van der Waals surface area contributed by atoms with Gasteiger partial charge in [-0.3, -0.25) is 15.0 Å². The Labute approximate surface area is 159 Å². The highest BCUT2D eigenvalue weighted by Gasteiger charge is 2.22. The van der Waals surface area contributed by atoms with Gasteiger partial charge in [-0.1, -0.05) is 0 Å². The number of benzene rings is 1. The summed E-state index contributed by atoms with van der Waals surface area (Å²) in [6.45, 7) is 7.12. The van der Waals surface area contributed by atoms with Gasteiger partial charge in [0, 0.05) is 74.2 Å². The van der Waals surface area contributed by atoms with E-state index in [1.165, 1.54) is 17.8 Å². The van der Waals surface area contributed by atoms with Gasteiger partial charge in [0.25, 0.3) is 0 Å². The Kier molecular flexibility index (Phi) is 6.42. The van der Waals surface area contributed by atoms with Crippen LogP contribution in [0.5, 0.6) is 11.5 Å². The molecule has 1 atom stereocenters. The van der Waals surface area contributed by atoms with Crippen molar-refractivity contribution in [2.75, 3.05) is 51.8 Å². The van der Waals surface area contributed by atoms with Gasteiger partial charge in [-0.2, -0.15) is 0 Å². The summed E-state index contributed by atoms with van der Waals surface area (Å²) in [6, 6.07) is 6.51. The van der Waals surface area contributed by atoms with E-state index in [-0.39, 0.29) is 0 Å². The van der Waals surface area contributed by atoms with Gasteiger partial charge in [-0.05, 0) is 19.1 Å². The quantitative estimate of drug-likeness (QED) is 0.709. The van der Waals surface area contributed by atoms with Crippen molar-refractivity contribution in [3.63, 3.8) is 0 Å². The number of hydrogen-bond donors (Lipinski definition) is 2. The predicted molar refractivity (Wildman–Crippen MR) is 108 cm³/mol. The van der Waals surface area contributed by atoms with Crippen molar-refractivity contribution in [1.29, 1.82) is 0 Å². The third-order valence-corrected chi connectivity index (χ3v) is 5.30. The molecule has 1 aromatic carbocycles. The fourth-order valence-electron chi connectivity index (χ4n) is 3.44. The van der Waals surface area contributed by atoms with Crippen LogP contribution < -0.4 is 24.2 Å². The molecule has 3 N–H and O–H groups in total. The van der Waals surface area contributed by atoms with Crippen LogP contribution >= 0.6 is 12.1 Å². The lowest BCUT2D eigenvalue weighted by molar-refractivity contribution is 0.199. The van der Waals surface area contributed by atoms with Crippen LogP contribution in [0.2, 0.25) is 0 Å². The summed E-state index contributed by atoms with van der Waals surface area (Å²) in [4.78, 5) is 9.42. The van der Waals surface area contributed by atoms with Crippen LogP contribution in [0, 0.1) is 0 Å². The van der Waals surface area contributed by atoms with Gasteiger partial charge in [0.1, 0.15) is 0 Å². The van der Waals surface area contributed by atoms with Gasteiger partial charge in [-0.15, -0.1) is 0 Å². The molecular weight excluding hydrogens is 350 g/mol. The van der Waals surface area contributed by atoms with E-state index in [9.17, 15) is 0 Å². The summed E-state index contributed by atoms with van der Waals surface area (Å²) < 4.78 is 14.0. The van der Waals surface area contributed by atoms with Crippen molar-refractivity contribution in [2.45, 2.75) is 13.0 Å². The van der Waals surface area contributed by atoms with Gasteiger partial charge in [0.15, 0.2) is 11.5 Å². The molecule has 8 heteroatoms. The van der Waals surface area contributed by atoms with Crippen molar-refractivity contribution in [2.24, 2.45) is 5.14 Å². The molecular formula is C18H27N5O2S. The number of ether oxygens (including phenoxy) is 2. The van der Waals surface area contributed by atoms with Crippen molar-refractivity contribution in [3.8, 4) is 11.5 Å². The number of nitrogens with two attached hydrogens (primary N) is 1. The largest absolute Gasteiger partial charge is 0.493 e. The van der Waals surface area contributed by atoms with Gasteiger partial charge in [0.2, 0.25) is 0 Å². The molecule has 1 unspecified atom stereocenters. The van der Waals surface area contributed by atoms with Crippen LogP contribution in [-0.2, 0) is 0 Å². The molecule has 0 amide bonds. The second kappa shape index (κ2) is 8.77. The number of pyridine rings is 1. The van der Waals surface area contributed by atoms with Crippen molar-refractivity contribution >= 4 is 28.7 Å². The topological polar surface area (TPSA) is 75.9 Å². The molecule has 1 saturated heterocycles. The number of hydrogen-bond acceptors (Lipinski definition) is 8. The van der Waals surface area contributed by atoms with Crippen LogP contribution in [0.25, 0.3) is 10.9 Å². The summed E-state index contributed by atoms with van der Waals surface area (Å²) in [5, 5.41) is 6.55. The summed E-state index contributed by atoms with van der Waals surface area (Å²) in [5.74, 6) is 1.43. The van der Waals surface area contributed by atoms with Gasteiger partial charge < -0.3 is 14.4 Å². The molecule has 26 heavy (non-hydrogen) atoms. The normalized spacial score (nSPS) is 16.7. The smallest absolute Gasteiger partial charge is 0.162 e. The lowest BCUT2D eigenvalue weighted by Gasteiger charge is -2.39. The number of aromatic nitrogens is 1. The Morgan fingerprint density at radius 2 is 1.88 bits per heavy atom. The second-order valence-corrected chi connectivity index (χ2v) is 6.92. The Morgan fingerprint density at radius 3 is 2.54 bits per heavy atom. The summed E-state index contributed by atoms with van der Waals surface area (Å²) >= 11 is 1.18. The molecule has 1 aromatic heterocycles. The van der Waals surface area contributed by atoms with Crippen molar-refractivity contribution in [1.82, 2.24) is 14.6 Å². The lowest BCUT2D eigenvalue weighted by Crippen LogP contribution is -2.51. The van der Waals surface area contributed by atoms with Crippen LogP contribution in [0.1, 0.15) is 6.92 Å². The monoisotopic (exact) mass is 377 g/mol. The van der Waals surface area contributed by atoms with E-state index in [2.05, 4.69) is 32.5 Å². The zero-order valence-corrected chi connectivity index (χ0v) is 16.4. The highest BCUT2D eigenvalue weighted by atomic mass is 32.2. The lowest BCUT2D eigenvalue weighted by atomic mass is 10.1. The van der Waals surface area contributed by atoms with E-state index in [4.69, 9.17) is 14.6 Å². The fraction of sp³-hybridized carbons (Fsp3) is 0.500. The maximum absolute atomic E-state index is 5.47. The minimum atomic E-state index is 0.465. The number of nitrogens with zero attached hydrogens (tertiary/aromatic N) is 3. The molecule has 1 aliphatic rings. The number of rotatable bonds is 7. The predicted octanol–water partition coefficient (Wildman–Crippen LogP) is 1.87. The first-order valence-corrected chi connectivity index (χ1v) is 9.64. The molecule has 0 spiro atoms. The molecule has 2 heterocycles. The van der Waals surface area contributed by atoms with E-state index in [0.29, 0.717) is 11.8 Å². The van der Waals surface area contributed by atoms with Crippen molar-refractivity contribution < 1.29 is 9.47 Å². The average molecular weight is 378 g/mol. The molecule has 7 nitrogen and oxygen atoms in total. The highest BCUT2D eigenvalue weighted by molar-refractivity contribution is 7.95. The molecule has 142 valence electrons. The standard InChI is InChI=1S/C18H27N5O2S/c1-13(12-21-26-19)22-6-8-23(9-7-22)16-4-5-20-15-11-18(25-3)17(24-2)10-14(15)16/h4-5,10-11,13,21H,6-9,12,19H2,1-3H3. The van der Waals surface area contributed by atoms with Gasteiger partial charge in [0.05, 0.1) is 19.7 Å². The third-order valence-electron chi connectivity index (χ3n) is 4.96. The Bertz CT molecular complexity index is 737. The first-order valence-electron chi connectivity index (χ1n) is 8.76. The zero-order valence-electron chi connectivity index (χ0n) is 15.6. The molecule has 0 saturated carbocycles. The van der Waals surface area contributed by atoms with E-state index < -0.39 is 0 Å². The second-order valence-electron chi connectivity index (χ2n) is 6.39. The van der Waals surface area contributed by atoms with Crippen LogP contribution in [-0.4, -0.2) is 62.9 Å². The number of nitrogens with one attached hydrogen (secondary N) is 1. The van der Waals surface area contributed by atoms with E-state index in [0.717, 1.165) is 49.4 Å². The summed E-state index contributed by atoms with van der Waals surface area (Å²) in [7, 11) is 3.31. The zero-order chi connectivity index (χ0) is 18.5. The minimum absolute atomic E-state index is 0.465. The van der Waals surface area contributed by atoms with Gasteiger partial charge >= 0.3 is 0 Å². The molecule has 3 rings (SSSR count). The summed E-state index contributed by atoms with van der Waals surface area (Å²) in [5.41, 5.74) is 2.11. The number of fused-ring (bicyclic) bond motifs is 1. The molecule has 0 radical (unpaired) electrons. The molecule has 2 aromatic rings. The summed E-state index contributed by atoms with van der Waals surface area (Å²) in [6.07, 6.45) is 1.86. The first kappa shape index (κ1) is 19.0. The van der Waals surface area contributed by atoms with Crippen LogP contribution in [0.15, 0.2) is 24.4 Å². The number of piperazine rings is 1. The first-order chi connectivity index (χ1) is 12.7. The number of anilines is 1. The SMILES string of the molecule is COc1cc2nccc(N3CCN(C(C)CNSN)CC3)c2cc1OC. The molecule has 1 aliphatic heterocycles. The van der Waals surface area contributed by atoms with Crippen LogP contribution in [0.4, 0.5) is 5.69 Å². The van der Waals surface area contributed by atoms with E-state index in [1.54, 1.807) is 14.2 Å².